The molecule has 0 radical (unpaired) electrons. The first-order chi connectivity index (χ1) is 17.7. The van der Waals surface area contributed by atoms with E-state index in [4.69, 9.17) is 4.74 Å². The van der Waals surface area contributed by atoms with Gasteiger partial charge in [-0.05, 0) is 86.8 Å². The summed E-state index contributed by atoms with van der Waals surface area (Å²) in [4.78, 5) is 14.6. The van der Waals surface area contributed by atoms with Crippen LogP contribution in [-0.4, -0.2) is 60.2 Å². The number of aliphatic hydroxyl groups excluding tert-OH is 1. The number of hydrogen-bond donors (Lipinski definition) is 1. The molecule has 7 nitrogen and oxygen atoms in total. The third-order valence-electron chi connectivity index (χ3n) is 7.95. The van der Waals surface area contributed by atoms with Crippen molar-refractivity contribution in [1.82, 2.24) is 9.21 Å². The lowest BCUT2D eigenvalue weighted by atomic mass is 9.90. The molecule has 1 N–H and O–H groups in total. The number of carbonyl (C=O) groups is 1. The van der Waals surface area contributed by atoms with Crippen LogP contribution in [0.25, 0.3) is 0 Å². The van der Waals surface area contributed by atoms with Crippen molar-refractivity contribution < 1.29 is 31.8 Å². The molecule has 0 bridgehead atoms. The number of benzene rings is 2. The van der Waals surface area contributed by atoms with Crippen molar-refractivity contribution in [3.8, 4) is 0 Å². The van der Waals surface area contributed by atoms with Gasteiger partial charge in [0.2, 0.25) is 10.0 Å². The van der Waals surface area contributed by atoms with E-state index < -0.39 is 45.4 Å². The van der Waals surface area contributed by atoms with Gasteiger partial charge in [-0.3, -0.25) is 0 Å². The minimum atomic E-state index is -4.22. The monoisotopic (exact) mass is 534 g/mol. The standard InChI is InChI=1S/C27H32F2N2O5S/c28-21-5-1-4-20(16-21)24-8-3-9-25(31(24)37(34,35)23-7-2-6-22(29)17-23)27(12-13-27)36-26(33)30-14-10-19(18-32)11-15-30/h1-2,4-7,16-17,19,24-25,32H,3,8-15,18H2/t24-,25+/m0/s1. The van der Waals surface area contributed by atoms with Crippen molar-refractivity contribution in [1.29, 1.82) is 0 Å². The van der Waals surface area contributed by atoms with Crippen molar-refractivity contribution in [2.24, 2.45) is 5.92 Å². The maximum Gasteiger partial charge on any atom is 0.410 e. The zero-order chi connectivity index (χ0) is 26.2. The molecule has 1 saturated carbocycles. The predicted octanol–water partition coefficient (Wildman–Crippen LogP) is 4.62. The highest BCUT2D eigenvalue weighted by molar-refractivity contribution is 7.89. The Hall–Kier alpha value is -2.56. The van der Waals surface area contributed by atoms with Crippen molar-refractivity contribution in [2.45, 2.75) is 67.5 Å². The Morgan fingerprint density at radius 1 is 1.00 bits per heavy atom. The quantitative estimate of drug-likeness (QED) is 0.584. The van der Waals surface area contributed by atoms with E-state index >= 15 is 0 Å². The fraction of sp³-hybridized carbons (Fsp3) is 0.519. The van der Waals surface area contributed by atoms with Crippen molar-refractivity contribution in [3.05, 3.63) is 65.7 Å². The highest BCUT2D eigenvalue weighted by Crippen LogP contribution is 2.52. The molecule has 0 spiro atoms. The molecule has 0 unspecified atom stereocenters. The minimum Gasteiger partial charge on any atom is -0.441 e. The largest absolute Gasteiger partial charge is 0.441 e. The number of nitrogens with zero attached hydrogens (tertiary/aromatic N) is 2. The molecule has 2 aliphatic heterocycles. The molecule has 2 aromatic rings. The van der Waals surface area contributed by atoms with Crippen molar-refractivity contribution in [3.63, 3.8) is 0 Å². The van der Waals surface area contributed by atoms with E-state index in [0.717, 1.165) is 6.07 Å². The van der Waals surface area contributed by atoms with Crippen LogP contribution in [0.15, 0.2) is 53.4 Å². The maximum absolute atomic E-state index is 14.2. The Balaban J connectivity index is 1.48. The van der Waals surface area contributed by atoms with E-state index in [0.29, 0.717) is 63.6 Å². The lowest BCUT2D eigenvalue weighted by Gasteiger charge is -2.45. The molecular formula is C27H32F2N2O5S. The molecule has 0 aromatic heterocycles. The fourth-order valence-corrected chi connectivity index (χ4v) is 7.70. The topological polar surface area (TPSA) is 87.2 Å². The second-order valence-electron chi connectivity index (χ2n) is 10.4. The summed E-state index contributed by atoms with van der Waals surface area (Å²) in [7, 11) is -4.22. The van der Waals surface area contributed by atoms with Gasteiger partial charge in [0.15, 0.2) is 0 Å². The molecule has 3 aliphatic rings. The average Bonchev–Trinajstić information content (AvgIpc) is 3.68. The van der Waals surface area contributed by atoms with E-state index in [1.165, 1.54) is 34.6 Å². The van der Waals surface area contributed by atoms with Crippen LogP contribution in [0.1, 0.15) is 56.6 Å². The summed E-state index contributed by atoms with van der Waals surface area (Å²) < 4.78 is 63.8. The predicted molar refractivity (Wildman–Crippen MR) is 132 cm³/mol. The summed E-state index contributed by atoms with van der Waals surface area (Å²) >= 11 is 0. The zero-order valence-electron chi connectivity index (χ0n) is 20.6. The number of aliphatic hydroxyl groups is 1. The molecule has 2 atom stereocenters. The Kier molecular flexibility index (Phi) is 7.26. The van der Waals surface area contributed by atoms with Gasteiger partial charge in [-0.2, -0.15) is 4.31 Å². The van der Waals surface area contributed by atoms with Crippen LogP contribution < -0.4 is 0 Å². The first-order valence-electron chi connectivity index (χ1n) is 12.9. The number of amides is 1. The third-order valence-corrected chi connectivity index (χ3v) is 9.86. The van der Waals surface area contributed by atoms with Crippen LogP contribution in [0.4, 0.5) is 13.6 Å². The molecule has 2 heterocycles. The zero-order valence-corrected chi connectivity index (χ0v) is 21.4. The SMILES string of the molecule is O=C(OC1([C@H]2CCC[C@@H](c3cccc(F)c3)N2S(=O)(=O)c2cccc(F)c2)CC1)N1CCC(CO)CC1. The molecule has 37 heavy (non-hydrogen) atoms. The van der Waals surface area contributed by atoms with E-state index in [-0.39, 0.29) is 17.4 Å². The van der Waals surface area contributed by atoms with Crippen molar-refractivity contribution >= 4 is 16.1 Å². The van der Waals surface area contributed by atoms with Crippen LogP contribution in [0.5, 0.6) is 0 Å². The van der Waals surface area contributed by atoms with Gasteiger partial charge in [0.25, 0.3) is 0 Å². The number of hydrogen-bond acceptors (Lipinski definition) is 5. The Bertz CT molecular complexity index is 1240. The third kappa shape index (κ3) is 5.24. The molecule has 2 saturated heterocycles. The molecule has 1 aliphatic carbocycles. The van der Waals surface area contributed by atoms with E-state index in [1.54, 1.807) is 17.0 Å². The van der Waals surface area contributed by atoms with E-state index in [9.17, 15) is 27.1 Å². The average molecular weight is 535 g/mol. The summed E-state index contributed by atoms with van der Waals surface area (Å²) in [6.07, 6.45) is 3.52. The summed E-state index contributed by atoms with van der Waals surface area (Å²) in [6.45, 7) is 1.04. The second-order valence-corrected chi connectivity index (χ2v) is 12.2. The van der Waals surface area contributed by atoms with E-state index in [2.05, 4.69) is 0 Å². The number of carbonyl (C=O) groups excluding carboxylic acids is 1. The van der Waals surface area contributed by atoms with Gasteiger partial charge in [0, 0.05) is 19.7 Å². The first kappa shape index (κ1) is 26.1. The number of likely N-dealkylation sites (tertiary alicyclic amines) is 1. The van der Waals surface area contributed by atoms with Gasteiger partial charge in [-0.15, -0.1) is 0 Å². The second kappa shape index (κ2) is 10.3. The number of sulfonamides is 1. The summed E-state index contributed by atoms with van der Waals surface area (Å²) in [5.74, 6) is -0.978. The Morgan fingerprint density at radius 3 is 2.30 bits per heavy atom. The van der Waals surface area contributed by atoms with Gasteiger partial charge in [0.1, 0.15) is 17.2 Å². The van der Waals surface area contributed by atoms with Crippen LogP contribution in [0.3, 0.4) is 0 Å². The number of ether oxygens (including phenoxy) is 1. The van der Waals surface area contributed by atoms with Crippen LogP contribution in [0.2, 0.25) is 0 Å². The maximum atomic E-state index is 14.2. The van der Waals surface area contributed by atoms with Crippen LogP contribution >= 0.6 is 0 Å². The van der Waals surface area contributed by atoms with Crippen LogP contribution in [0, 0.1) is 17.6 Å². The van der Waals surface area contributed by atoms with Gasteiger partial charge >= 0.3 is 6.09 Å². The molecule has 10 heteroatoms. The molecule has 2 aromatic carbocycles. The van der Waals surface area contributed by atoms with Gasteiger partial charge in [0.05, 0.1) is 17.0 Å². The molecule has 3 fully saturated rings. The minimum absolute atomic E-state index is 0.0866. The number of piperidine rings is 2. The summed E-state index contributed by atoms with van der Waals surface area (Å²) in [5.41, 5.74) is -0.477. The van der Waals surface area contributed by atoms with Crippen LogP contribution in [-0.2, 0) is 14.8 Å². The summed E-state index contributed by atoms with van der Waals surface area (Å²) in [6, 6.07) is 9.40. The lowest BCUT2D eigenvalue weighted by molar-refractivity contribution is -0.0133. The highest BCUT2D eigenvalue weighted by atomic mass is 32.2. The number of halogens is 2. The number of rotatable bonds is 6. The molecular weight excluding hydrogens is 502 g/mol. The summed E-state index contributed by atoms with van der Waals surface area (Å²) in [5, 5.41) is 9.39. The normalized spacial score (nSPS) is 24.6. The van der Waals surface area contributed by atoms with Gasteiger partial charge < -0.3 is 14.7 Å². The van der Waals surface area contributed by atoms with Crippen molar-refractivity contribution in [2.75, 3.05) is 19.7 Å². The molecule has 5 rings (SSSR count). The van der Waals surface area contributed by atoms with Gasteiger partial charge in [-0.1, -0.05) is 18.2 Å². The lowest BCUT2D eigenvalue weighted by Crippen LogP contribution is -2.54. The molecule has 1 amide bonds. The smallest absolute Gasteiger partial charge is 0.410 e. The van der Waals surface area contributed by atoms with E-state index in [1.807, 2.05) is 0 Å². The fourth-order valence-electron chi connectivity index (χ4n) is 5.75. The Labute approximate surface area is 216 Å². The van der Waals surface area contributed by atoms with Gasteiger partial charge in [-0.25, -0.2) is 22.0 Å². The Morgan fingerprint density at radius 2 is 1.68 bits per heavy atom. The highest BCUT2D eigenvalue weighted by Gasteiger charge is 2.60. The molecule has 200 valence electrons. The first-order valence-corrected chi connectivity index (χ1v) is 14.3.